The average Bonchev–Trinajstić information content (AvgIpc) is 2.78. The van der Waals surface area contributed by atoms with Gasteiger partial charge in [0.1, 0.15) is 17.2 Å². The molecule has 1 N–H and O–H groups in total. The lowest BCUT2D eigenvalue weighted by atomic mass is 10.1. The molecule has 1 amide bonds. The Morgan fingerprint density at radius 2 is 1.50 bits per heavy atom. The van der Waals surface area contributed by atoms with E-state index in [-0.39, 0.29) is 23.2 Å². The highest BCUT2D eigenvalue weighted by molar-refractivity contribution is 5.94. The number of carbonyl (C=O) groups is 1. The molecule has 1 aliphatic rings. The summed E-state index contributed by atoms with van der Waals surface area (Å²) >= 11 is 0. The van der Waals surface area contributed by atoms with E-state index < -0.39 is 11.7 Å². The van der Waals surface area contributed by atoms with Gasteiger partial charge in [-0.15, -0.1) is 0 Å². The summed E-state index contributed by atoms with van der Waals surface area (Å²) < 4.78 is 44.3. The number of alkyl halides is 3. The van der Waals surface area contributed by atoms with Gasteiger partial charge >= 0.3 is 6.18 Å². The molecule has 0 aliphatic carbocycles. The Kier molecular flexibility index (Phi) is 5.94. The van der Waals surface area contributed by atoms with Crippen molar-refractivity contribution >= 4 is 11.6 Å². The third kappa shape index (κ3) is 4.96. The van der Waals surface area contributed by atoms with E-state index in [1.54, 1.807) is 41.3 Å². The minimum absolute atomic E-state index is 0.0455. The summed E-state index contributed by atoms with van der Waals surface area (Å²) in [6, 6.07) is 18.0. The van der Waals surface area contributed by atoms with Gasteiger partial charge in [-0.1, -0.05) is 18.2 Å². The Morgan fingerprint density at radius 3 is 2.19 bits per heavy atom. The van der Waals surface area contributed by atoms with Crippen LogP contribution in [0.1, 0.15) is 15.9 Å². The molecule has 5 nitrogen and oxygen atoms in total. The van der Waals surface area contributed by atoms with E-state index in [0.29, 0.717) is 31.7 Å². The molecule has 166 valence electrons. The molecule has 1 fully saturated rings. The summed E-state index contributed by atoms with van der Waals surface area (Å²) in [5, 5.41) is 9.66. The van der Waals surface area contributed by atoms with Gasteiger partial charge < -0.3 is 19.6 Å². The third-order valence-electron chi connectivity index (χ3n) is 5.24. The minimum atomic E-state index is -4.46. The number of amides is 1. The fourth-order valence-electron chi connectivity index (χ4n) is 3.60. The van der Waals surface area contributed by atoms with E-state index in [1.807, 2.05) is 6.07 Å². The molecule has 0 saturated carbocycles. The number of phenols is 1. The number of aromatic hydroxyl groups is 1. The summed E-state index contributed by atoms with van der Waals surface area (Å²) in [6.45, 7) is 2.26. The van der Waals surface area contributed by atoms with Crippen LogP contribution in [-0.2, 0) is 6.18 Å². The Hall–Kier alpha value is -3.68. The van der Waals surface area contributed by atoms with E-state index in [4.69, 9.17) is 4.74 Å². The first kappa shape index (κ1) is 21.5. The van der Waals surface area contributed by atoms with Gasteiger partial charge in [-0.3, -0.25) is 4.79 Å². The van der Waals surface area contributed by atoms with Gasteiger partial charge in [-0.25, -0.2) is 0 Å². The number of benzene rings is 3. The lowest BCUT2D eigenvalue weighted by Gasteiger charge is -2.36. The third-order valence-corrected chi connectivity index (χ3v) is 5.24. The van der Waals surface area contributed by atoms with Crippen LogP contribution in [0.25, 0.3) is 0 Å². The molecule has 1 aliphatic heterocycles. The normalized spacial score (nSPS) is 14.3. The molecule has 32 heavy (non-hydrogen) atoms. The van der Waals surface area contributed by atoms with Crippen LogP contribution in [0, 0.1) is 0 Å². The monoisotopic (exact) mass is 442 g/mol. The zero-order valence-corrected chi connectivity index (χ0v) is 17.0. The Balaban J connectivity index is 1.42. The van der Waals surface area contributed by atoms with Gasteiger partial charge in [0.2, 0.25) is 0 Å². The summed E-state index contributed by atoms with van der Waals surface area (Å²) in [4.78, 5) is 16.8. The first-order chi connectivity index (χ1) is 15.3. The molecule has 3 aromatic rings. The maximum Gasteiger partial charge on any atom is 0.416 e. The second-order valence-corrected chi connectivity index (χ2v) is 7.45. The molecule has 0 radical (unpaired) electrons. The van der Waals surface area contributed by atoms with Crippen LogP contribution in [0.2, 0.25) is 0 Å². The van der Waals surface area contributed by atoms with Crippen LogP contribution >= 0.6 is 0 Å². The van der Waals surface area contributed by atoms with Crippen molar-refractivity contribution in [2.24, 2.45) is 0 Å². The van der Waals surface area contributed by atoms with Crippen molar-refractivity contribution in [2.75, 3.05) is 31.1 Å². The van der Waals surface area contributed by atoms with E-state index in [2.05, 4.69) is 4.90 Å². The molecule has 0 bridgehead atoms. The average molecular weight is 442 g/mol. The van der Waals surface area contributed by atoms with Crippen LogP contribution < -0.4 is 9.64 Å². The maximum absolute atomic E-state index is 13.0. The minimum Gasteiger partial charge on any atom is -0.508 e. The van der Waals surface area contributed by atoms with Crippen molar-refractivity contribution in [3.63, 3.8) is 0 Å². The first-order valence-electron chi connectivity index (χ1n) is 10.1. The number of anilines is 1. The van der Waals surface area contributed by atoms with Crippen molar-refractivity contribution < 1.29 is 27.8 Å². The Morgan fingerprint density at radius 1 is 0.844 bits per heavy atom. The molecule has 4 rings (SSSR count). The number of rotatable bonds is 4. The van der Waals surface area contributed by atoms with Crippen molar-refractivity contribution in [3.05, 3.63) is 83.9 Å². The van der Waals surface area contributed by atoms with E-state index in [0.717, 1.165) is 17.8 Å². The summed E-state index contributed by atoms with van der Waals surface area (Å²) in [5.41, 5.74) is 0.501. The lowest BCUT2D eigenvalue weighted by Crippen LogP contribution is -2.48. The molecule has 0 atom stereocenters. The largest absolute Gasteiger partial charge is 0.508 e. The zero-order chi connectivity index (χ0) is 22.7. The van der Waals surface area contributed by atoms with Crippen LogP contribution in [0.3, 0.4) is 0 Å². The fraction of sp³-hybridized carbons (Fsp3) is 0.208. The predicted octanol–water partition coefficient (Wildman–Crippen LogP) is 5.17. The Bertz CT molecular complexity index is 1110. The van der Waals surface area contributed by atoms with Crippen LogP contribution in [0.15, 0.2) is 72.8 Å². The molecule has 0 spiro atoms. The second-order valence-electron chi connectivity index (χ2n) is 7.45. The molecular formula is C24H21F3N2O3. The molecule has 1 heterocycles. The van der Waals surface area contributed by atoms with E-state index >= 15 is 0 Å². The number of piperazine rings is 1. The van der Waals surface area contributed by atoms with Crippen molar-refractivity contribution in [3.8, 4) is 17.2 Å². The number of nitrogens with zero attached hydrogens (tertiary/aromatic N) is 2. The smallest absolute Gasteiger partial charge is 0.416 e. The maximum atomic E-state index is 13.0. The van der Waals surface area contributed by atoms with Crippen molar-refractivity contribution in [1.82, 2.24) is 4.90 Å². The molecule has 1 saturated heterocycles. The predicted molar refractivity (Wildman–Crippen MR) is 114 cm³/mol. The first-order valence-corrected chi connectivity index (χ1v) is 10.1. The highest BCUT2D eigenvalue weighted by Crippen LogP contribution is 2.33. The molecule has 3 aromatic carbocycles. The zero-order valence-electron chi connectivity index (χ0n) is 17.0. The standard InChI is InChI=1S/C24H21F3N2O3/c25-24(26,27)18-5-2-9-22(15-18)32-21-8-1-4-17(14-21)23(31)29-12-10-28(11-13-29)19-6-3-7-20(30)16-19/h1-9,14-16,30H,10-13H2. The summed E-state index contributed by atoms with van der Waals surface area (Å²) in [5.74, 6) is 0.353. The van der Waals surface area contributed by atoms with Gasteiger partial charge in [0, 0.05) is 43.5 Å². The van der Waals surface area contributed by atoms with Crippen molar-refractivity contribution in [1.29, 1.82) is 0 Å². The second kappa shape index (κ2) is 8.82. The molecular weight excluding hydrogens is 421 g/mol. The number of carbonyl (C=O) groups excluding carboxylic acids is 1. The molecule has 8 heteroatoms. The number of hydrogen-bond acceptors (Lipinski definition) is 4. The lowest BCUT2D eigenvalue weighted by molar-refractivity contribution is -0.137. The van der Waals surface area contributed by atoms with Gasteiger partial charge in [-0.2, -0.15) is 13.2 Å². The van der Waals surface area contributed by atoms with Gasteiger partial charge in [0.15, 0.2) is 0 Å². The number of halogens is 3. The van der Waals surface area contributed by atoms with Crippen LogP contribution in [-0.4, -0.2) is 42.1 Å². The van der Waals surface area contributed by atoms with Gasteiger partial charge in [-0.05, 0) is 48.5 Å². The van der Waals surface area contributed by atoms with Crippen LogP contribution in [0.5, 0.6) is 17.2 Å². The van der Waals surface area contributed by atoms with E-state index in [9.17, 15) is 23.1 Å². The van der Waals surface area contributed by atoms with Gasteiger partial charge in [0.25, 0.3) is 5.91 Å². The summed E-state index contributed by atoms with van der Waals surface area (Å²) in [7, 11) is 0. The fourth-order valence-corrected chi connectivity index (χ4v) is 3.60. The number of phenolic OH excluding ortho intramolecular Hbond substituents is 1. The quantitative estimate of drug-likeness (QED) is 0.606. The molecule has 0 aromatic heterocycles. The highest BCUT2D eigenvalue weighted by atomic mass is 19.4. The molecule has 0 unspecified atom stereocenters. The van der Waals surface area contributed by atoms with Crippen LogP contribution in [0.4, 0.5) is 18.9 Å². The SMILES string of the molecule is O=C(c1cccc(Oc2cccc(C(F)(F)F)c2)c1)N1CCN(c2cccc(O)c2)CC1. The van der Waals surface area contributed by atoms with Crippen molar-refractivity contribution in [2.45, 2.75) is 6.18 Å². The summed E-state index contributed by atoms with van der Waals surface area (Å²) in [6.07, 6.45) is -4.46. The Labute approximate surface area is 183 Å². The highest BCUT2D eigenvalue weighted by Gasteiger charge is 2.30. The topological polar surface area (TPSA) is 53.0 Å². The van der Waals surface area contributed by atoms with Gasteiger partial charge in [0.05, 0.1) is 5.56 Å². The number of ether oxygens (including phenoxy) is 1. The van der Waals surface area contributed by atoms with E-state index in [1.165, 1.54) is 18.2 Å². The number of hydrogen-bond donors (Lipinski definition) is 1.